The van der Waals surface area contributed by atoms with Gasteiger partial charge in [0.2, 0.25) is 0 Å². The van der Waals surface area contributed by atoms with Crippen LogP contribution >= 0.6 is 11.8 Å². The lowest BCUT2D eigenvalue weighted by Gasteiger charge is -2.34. The van der Waals surface area contributed by atoms with Crippen molar-refractivity contribution >= 4 is 17.8 Å². The summed E-state index contributed by atoms with van der Waals surface area (Å²) in [6.45, 7) is 2.04. The fourth-order valence-electron chi connectivity index (χ4n) is 2.15. The maximum absolute atomic E-state index is 12.0. The Morgan fingerprint density at radius 2 is 2.10 bits per heavy atom. The second kappa shape index (κ2) is 6.08. The zero-order valence-corrected chi connectivity index (χ0v) is 12.1. The van der Waals surface area contributed by atoms with Crippen LogP contribution in [-0.4, -0.2) is 22.9 Å². The Bertz CT molecular complexity index is 478. The molecule has 0 radical (unpaired) electrons. The second-order valence-corrected chi connectivity index (χ2v) is 6.02. The number of alkyl halides is 3. The number of halogens is 3. The molecule has 1 aromatic heterocycles. The second-order valence-electron chi connectivity index (χ2n) is 4.88. The summed E-state index contributed by atoms with van der Waals surface area (Å²) in [6.07, 6.45) is 2.79. The Morgan fingerprint density at radius 3 is 2.60 bits per heavy atom. The molecule has 20 heavy (non-hydrogen) atoms. The molecule has 0 atom stereocenters. The van der Waals surface area contributed by atoms with Crippen LogP contribution in [0.15, 0.2) is 23.9 Å². The summed E-state index contributed by atoms with van der Waals surface area (Å²) < 4.78 is 39.8. The monoisotopic (exact) mass is 303 g/mol. The maximum atomic E-state index is 12.0. The topological polar surface area (TPSA) is 22.1 Å². The van der Waals surface area contributed by atoms with Crippen molar-refractivity contribution < 1.29 is 17.9 Å². The van der Waals surface area contributed by atoms with Crippen LogP contribution in [0.2, 0.25) is 0 Å². The average molecular weight is 303 g/mol. The van der Waals surface area contributed by atoms with Gasteiger partial charge in [-0.2, -0.15) is 11.8 Å². The normalized spacial score (nSPS) is 23.4. The smallest absolute Gasteiger partial charge is 0.404 e. The molecule has 0 N–H and O–H groups in total. The predicted molar refractivity (Wildman–Crippen MR) is 74.6 cm³/mol. The quantitative estimate of drug-likeness (QED) is 0.816. The fraction of sp³-hybridized carbons (Fsp3) is 0.500. The molecule has 1 aliphatic carbocycles. The van der Waals surface area contributed by atoms with Crippen LogP contribution < -0.4 is 4.74 Å². The van der Waals surface area contributed by atoms with Gasteiger partial charge in [-0.3, -0.25) is 4.98 Å². The summed E-state index contributed by atoms with van der Waals surface area (Å²) >= 11 is 1.88. The largest absolute Gasteiger partial charge is 0.573 e. The van der Waals surface area contributed by atoms with E-state index in [2.05, 4.69) is 16.0 Å². The molecule has 110 valence electrons. The van der Waals surface area contributed by atoms with E-state index in [4.69, 9.17) is 0 Å². The van der Waals surface area contributed by atoms with E-state index < -0.39 is 6.36 Å². The third-order valence-electron chi connectivity index (χ3n) is 3.44. The van der Waals surface area contributed by atoms with Gasteiger partial charge >= 0.3 is 6.36 Å². The van der Waals surface area contributed by atoms with Crippen LogP contribution in [0.3, 0.4) is 0 Å². The lowest BCUT2D eigenvalue weighted by molar-refractivity contribution is -0.274. The highest BCUT2D eigenvalue weighted by Crippen LogP contribution is 2.40. The van der Waals surface area contributed by atoms with Crippen molar-refractivity contribution in [1.29, 1.82) is 0 Å². The highest BCUT2D eigenvalue weighted by Gasteiger charge is 2.31. The van der Waals surface area contributed by atoms with Crippen molar-refractivity contribution in [2.45, 2.75) is 31.4 Å². The van der Waals surface area contributed by atoms with Crippen LogP contribution in [0.1, 0.15) is 25.5 Å². The molecule has 1 aromatic rings. The minimum atomic E-state index is -4.67. The van der Waals surface area contributed by atoms with E-state index in [0.717, 1.165) is 11.4 Å². The van der Waals surface area contributed by atoms with Gasteiger partial charge in [-0.25, -0.2) is 0 Å². The van der Waals surface area contributed by atoms with Gasteiger partial charge in [-0.05, 0) is 50.1 Å². The van der Waals surface area contributed by atoms with E-state index in [1.165, 1.54) is 30.5 Å². The van der Waals surface area contributed by atoms with Gasteiger partial charge in [0.25, 0.3) is 0 Å². The number of thioether (sulfide) groups is 1. The molecule has 0 bridgehead atoms. The Labute approximate surface area is 120 Å². The summed E-state index contributed by atoms with van der Waals surface area (Å²) in [4.78, 5) is 3.98. The lowest BCUT2D eigenvalue weighted by atomic mass is 9.79. The van der Waals surface area contributed by atoms with Crippen molar-refractivity contribution in [3.05, 3.63) is 29.6 Å². The van der Waals surface area contributed by atoms with Crippen LogP contribution in [0.4, 0.5) is 13.2 Å². The first-order valence-electron chi connectivity index (χ1n) is 6.30. The summed E-state index contributed by atoms with van der Waals surface area (Å²) in [5.41, 5.74) is 1.89. The van der Waals surface area contributed by atoms with E-state index in [0.29, 0.717) is 11.6 Å². The van der Waals surface area contributed by atoms with Crippen molar-refractivity contribution in [3.63, 3.8) is 0 Å². The van der Waals surface area contributed by atoms with E-state index in [1.54, 1.807) is 0 Å². The summed E-state index contributed by atoms with van der Waals surface area (Å²) in [6, 6.07) is 2.82. The minimum absolute atomic E-state index is 0.293. The molecule has 0 saturated heterocycles. The van der Waals surface area contributed by atoms with Gasteiger partial charge < -0.3 is 4.74 Å². The van der Waals surface area contributed by atoms with E-state index >= 15 is 0 Å². The first-order chi connectivity index (χ1) is 9.37. The predicted octanol–water partition coefficient (Wildman–Crippen LogP) is 4.53. The Balaban J connectivity index is 1.96. The van der Waals surface area contributed by atoms with Crippen LogP contribution in [0, 0.1) is 5.92 Å². The molecular weight excluding hydrogens is 287 g/mol. The zero-order valence-electron chi connectivity index (χ0n) is 11.3. The molecule has 0 unspecified atom stereocenters. The number of hydrogen-bond acceptors (Lipinski definition) is 3. The van der Waals surface area contributed by atoms with E-state index in [9.17, 15) is 13.2 Å². The lowest BCUT2D eigenvalue weighted by Crippen LogP contribution is -2.26. The first-order valence-corrected chi connectivity index (χ1v) is 7.59. The van der Waals surface area contributed by atoms with Crippen molar-refractivity contribution in [2.24, 2.45) is 5.92 Å². The molecule has 2 nitrogen and oxygen atoms in total. The molecule has 0 amide bonds. The molecule has 1 aliphatic rings. The Hall–Kier alpha value is -1.17. The third kappa shape index (κ3) is 4.16. The van der Waals surface area contributed by atoms with Crippen molar-refractivity contribution in [2.75, 3.05) is 6.26 Å². The van der Waals surface area contributed by atoms with Gasteiger partial charge in [0, 0.05) is 5.25 Å². The highest BCUT2D eigenvalue weighted by molar-refractivity contribution is 7.99. The number of pyridine rings is 1. The van der Waals surface area contributed by atoms with Gasteiger partial charge in [0.15, 0.2) is 0 Å². The Kier molecular flexibility index (Phi) is 4.62. The molecule has 2 rings (SSSR count). The van der Waals surface area contributed by atoms with Gasteiger partial charge in [0.1, 0.15) is 5.75 Å². The maximum Gasteiger partial charge on any atom is 0.573 e. The van der Waals surface area contributed by atoms with E-state index in [-0.39, 0.29) is 5.75 Å². The molecule has 0 aliphatic heterocycles. The fourth-order valence-corrected chi connectivity index (χ4v) is 3.00. The summed E-state index contributed by atoms with van der Waals surface area (Å²) in [5.74, 6) is 0.277. The van der Waals surface area contributed by atoms with Gasteiger partial charge in [0.05, 0.1) is 11.9 Å². The third-order valence-corrected chi connectivity index (χ3v) is 4.49. The van der Waals surface area contributed by atoms with Crippen molar-refractivity contribution in [1.82, 2.24) is 4.98 Å². The average Bonchev–Trinajstić information content (AvgIpc) is 2.28. The first kappa shape index (κ1) is 15.2. The standard InChI is InChI=1S/C14H16F3NOS/c1-9(10-6-13(7-10)20-2)5-11-3-4-12(8-18-11)19-14(15,16)17/h3-5,8,10,13H,6-7H2,1-2H3/b9-5+. The SMILES string of the molecule is CSC1CC(/C(C)=C/c2ccc(OC(F)(F)F)cn2)C1. The number of allylic oxidation sites excluding steroid dienone is 1. The van der Waals surface area contributed by atoms with E-state index in [1.807, 2.05) is 24.8 Å². The van der Waals surface area contributed by atoms with Crippen LogP contribution in [0.5, 0.6) is 5.75 Å². The Morgan fingerprint density at radius 1 is 1.40 bits per heavy atom. The molecule has 6 heteroatoms. The highest BCUT2D eigenvalue weighted by atomic mass is 32.2. The van der Waals surface area contributed by atoms with Crippen LogP contribution in [-0.2, 0) is 0 Å². The summed E-state index contributed by atoms with van der Waals surface area (Å²) in [7, 11) is 0. The zero-order chi connectivity index (χ0) is 14.8. The number of nitrogens with zero attached hydrogens (tertiary/aromatic N) is 1. The number of aromatic nitrogens is 1. The number of rotatable bonds is 4. The molecule has 0 spiro atoms. The van der Waals surface area contributed by atoms with Gasteiger partial charge in [-0.1, -0.05) is 5.57 Å². The number of hydrogen-bond donors (Lipinski definition) is 0. The molecule has 1 saturated carbocycles. The molecule has 1 heterocycles. The van der Waals surface area contributed by atoms with Gasteiger partial charge in [-0.15, -0.1) is 13.2 Å². The molecular formula is C14H16F3NOS. The van der Waals surface area contributed by atoms with Crippen LogP contribution in [0.25, 0.3) is 6.08 Å². The molecule has 1 fully saturated rings. The number of ether oxygens (including phenoxy) is 1. The van der Waals surface area contributed by atoms with Crippen molar-refractivity contribution in [3.8, 4) is 5.75 Å². The minimum Gasteiger partial charge on any atom is -0.404 e. The summed E-state index contributed by atoms with van der Waals surface area (Å²) in [5, 5.41) is 0.735. The molecule has 0 aromatic carbocycles.